The molecule has 0 saturated carbocycles. The molecule has 0 spiro atoms. The second-order valence-electron chi connectivity index (χ2n) is 4.17. The van der Waals surface area contributed by atoms with Gasteiger partial charge in [-0.15, -0.1) is 6.58 Å². The van der Waals surface area contributed by atoms with Crippen molar-refractivity contribution in [1.82, 2.24) is 0 Å². The van der Waals surface area contributed by atoms with E-state index in [9.17, 15) is 4.79 Å². The molecule has 2 nitrogen and oxygen atoms in total. The molecular weight excluding hydrogens is 188 g/mol. The summed E-state index contributed by atoms with van der Waals surface area (Å²) < 4.78 is 4.71. The largest absolute Gasteiger partial charge is 0.468 e. The number of carbonyl (C=O) groups excluding carboxylic acids is 1. The van der Waals surface area contributed by atoms with Crippen LogP contribution in [0.1, 0.15) is 51.9 Å². The fourth-order valence-corrected chi connectivity index (χ4v) is 1.60. The van der Waals surface area contributed by atoms with Crippen LogP contribution in [0.5, 0.6) is 0 Å². The Kier molecular flexibility index (Phi) is 10.7. The van der Waals surface area contributed by atoms with Crippen molar-refractivity contribution in [3.8, 4) is 0 Å². The van der Waals surface area contributed by atoms with E-state index < -0.39 is 0 Å². The molecule has 0 fully saturated rings. The normalized spacial score (nSPS) is 12.1. The van der Waals surface area contributed by atoms with Crippen LogP contribution >= 0.6 is 0 Å². The molecule has 0 radical (unpaired) electrons. The van der Waals surface area contributed by atoms with Crippen LogP contribution in [0, 0.1) is 5.92 Å². The SMILES string of the molecule is C=CCCCCCCCC(C)COC=O. The maximum Gasteiger partial charge on any atom is 0.293 e. The molecule has 88 valence electrons. The number of hydrogen-bond acceptors (Lipinski definition) is 2. The number of hydrogen-bond donors (Lipinski definition) is 0. The molecule has 0 aromatic heterocycles. The van der Waals surface area contributed by atoms with Gasteiger partial charge in [-0.3, -0.25) is 4.79 Å². The van der Waals surface area contributed by atoms with Gasteiger partial charge in [-0.05, 0) is 25.2 Å². The average Bonchev–Trinajstić information content (AvgIpc) is 2.25. The number of carbonyl (C=O) groups is 1. The molecule has 0 bridgehead atoms. The van der Waals surface area contributed by atoms with Crippen molar-refractivity contribution in [3.05, 3.63) is 12.7 Å². The molecular formula is C13H24O2. The Morgan fingerprint density at radius 2 is 1.87 bits per heavy atom. The van der Waals surface area contributed by atoms with Crippen LogP contribution in [0.4, 0.5) is 0 Å². The third-order valence-electron chi connectivity index (χ3n) is 2.55. The maximum atomic E-state index is 9.96. The third kappa shape index (κ3) is 11.1. The molecule has 0 aliphatic carbocycles. The van der Waals surface area contributed by atoms with Crippen LogP contribution in [0.3, 0.4) is 0 Å². The summed E-state index contributed by atoms with van der Waals surface area (Å²) >= 11 is 0. The molecule has 0 saturated heterocycles. The van der Waals surface area contributed by atoms with Crippen molar-refractivity contribution in [2.45, 2.75) is 51.9 Å². The molecule has 2 heteroatoms. The van der Waals surface area contributed by atoms with E-state index >= 15 is 0 Å². The Balaban J connectivity index is 3.08. The van der Waals surface area contributed by atoms with E-state index in [1.165, 1.54) is 32.1 Å². The van der Waals surface area contributed by atoms with Gasteiger partial charge in [0.2, 0.25) is 0 Å². The van der Waals surface area contributed by atoms with Gasteiger partial charge in [0.25, 0.3) is 6.47 Å². The molecule has 1 atom stereocenters. The van der Waals surface area contributed by atoms with Gasteiger partial charge in [-0.25, -0.2) is 0 Å². The number of rotatable bonds is 11. The minimum Gasteiger partial charge on any atom is -0.468 e. The first-order valence-electron chi connectivity index (χ1n) is 5.97. The zero-order chi connectivity index (χ0) is 11.4. The predicted molar refractivity (Wildman–Crippen MR) is 63.7 cm³/mol. The lowest BCUT2D eigenvalue weighted by Crippen LogP contribution is -2.04. The highest BCUT2D eigenvalue weighted by Gasteiger charge is 2.01. The molecule has 0 amide bonds. The Hall–Kier alpha value is -0.790. The van der Waals surface area contributed by atoms with E-state index in [1.807, 2.05) is 6.08 Å². The van der Waals surface area contributed by atoms with Crippen LogP contribution in [0.25, 0.3) is 0 Å². The van der Waals surface area contributed by atoms with Crippen molar-refractivity contribution < 1.29 is 9.53 Å². The molecule has 0 aromatic rings. The Bertz CT molecular complexity index is 155. The highest BCUT2D eigenvalue weighted by molar-refractivity contribution is 5.36. The quantitative estimate of drug-likeness (QED) is 0.296. The van der Waals surface area contributed by atoms with E-state index in [1.54, 1.807) is 0 Å². The van der Waals surface area contributed by atoms with E-state index in [0.29, 0.717) is 19.0 Å². The summed E-state index contributed by atoms with van der Waals surface area (Å²) in [4.78, 5) is 9.96. The molecule has 0 aliphatic rings. The molecule has 1 unspecified atom stereocenters. The summed E-state index contributed by atoms with van der Waals surface area (Å²) in [6.45, 7) is 6.93. The van der Waals surface area contributed by atoms with Crippen molar-refractivity contribution in [2.75, 3.05) is 6.61 Å². The van der Waals surface area contributed by atoms with Crippen molar-refractivity contribution >= 4 is 6.47 Å². The number of unbranched alkanes of at least 4 members (excludes halogenated alkanes) is 5. The second-order valence-corrected chi connectivity index (χ2v) is 4.17. The summed E-state index contributed by atoms with van der Waals surface area (Å²) in [5.74, 6) is 0.503. The van der Waals surface area contributed by atoms with Gasteiger partial charge < -0.3 is 4.74 Å². The topological polar surface area (TPSA) is 26.3 Å². The van der Waals surface area contributed by atoms with Gasteiger partial charge in [0.15, 0.2) is 0 Å². The van der Waals surface area contributed by atoms with Crippen LogP contribution in [-0.4, -0.2) is 13.1 Å². The summed E-state index contributed by atoms with van der Waals surface area (Å²) in [7, 11) is 0. The smallest absolute Gasteiger partial charge is 0.293 e. The van der Waals surface area contributed by atoms with E-state index in [-0.39, 0.29) is 0 Å². The molecule has 0 rings (SSSR count). The Labute approximate surface area is 93.7 Å². The summed E-state index contributed by atoms with van der Waals surface area (Å²) in [5.41, 5.74) is 0. The number of ether oxygens (including phenoxy) is 1. The minimum absolute atomic E-state index is 0.503. The third-order valence-corrected chi connectivity index (χ3v) is 2.55. The van der Waals surface area contributed by atoms with Crippen LogP contribution < -0.4 is 0 Å². The van der Waals surface area contributed by atoms with Crippen molar-refractivity contribution in [2.24, 2.45) is 5.92 Å². The van der Waals surface area contributed by atoms with E-state index in [0.717, 1.165) is 12.8 Å². The number of allylic oxidation sites excluding steroid dienone is 1. The monoisotopic (exact) mass is 212 g/mol. The van der Waals surface area contributed by atoms with Gasteiger partial charge in [0, 0.05) is 0 Å². The van der Waals surface area contributed by atoms with Crippen molar-refractivity contribution in [3.63, 3.8) is 0 Å². The lowest BCUT2D eigenvalue weighted by molar-refractivity contribution is -0.129. The molecule has 0 aromatic carbocycles. The first-order chi connectivity index (χ1) is 7.31. The zero-order valence-corrected chi connectivity index (χ0v) is 9.91. The van der Waals surface area contributed by atoms with Gasteiger partial charge in [0.1, 0.15) is 0 Å². The molecule has 0 heterocycles. The summed E-state index contributed by atoms with van der Waals surface area (Å²) in [5, 5.41) is 0. The maximum absolute atomic E-state index is 9.96. The predicted octanol–water partition coefficient (Wildman–Crippen LogP) is 3.71. The van der Waals surface area contributed by atoms with E-state index in [4.69, 9.17) is 4.74 Å². The van der Waals surface area contributed by atoms with Gasteiger partial charge in [-0.2, -0.15) is 0 Å². The molecule has 0 N–H and O–H groups in total. The standard InChI is InChI=1S/C13H24O2/c1-3-4-5-6-7-8-9-10-13(2)11-15-12-14/h3,12-13H,1,4-11H2,2H3. The van der Waals surface area contributed by atoms with Gasteiger partial charge in [0.05, 0.1) is 6.61 Å². The fraction of sp³-hybridized carbons (Fsp3) is 0.769. The van der Waals surface area contributed by atoms with Gasteiger partial charge in [-0.1, -0.05) is 38.7 Å². The van der Waals surface area contributed by atoms with Crippen LogP contribution in [0.15, 0.2) is 12.7 Å². The fourth-order valence-electron chi connectivity index (χ4n) is 1.60. The lowest BCUT2D eigenvalue weighted by atomic mass is 10.0. The van der Waals surface area contributed by atoms with Crippen LogP contribution in [0.2, 0.25) is 0 Å². The highest BCUT2D eigenvalue weighted by atomic mass is 16.5. The summed E-state index contributed by atoms with van der Waals surface area (Å²) in [6.07, 6.45) is 10.7. The minimum atomic E-state index is 0.503. The molecule has 15 heavy (non-hydrogen) atoms. The first-order valence-corrected chi connectivity index (χ1v) is 5.97. The zero-order valence-electron chi connectivity index (χ0n) is 9.91. The van der Waals surface area contributed by atoms with E-state index in [2.05, 4.69) is 13.5 Å². The average molecular weight is 212 g/mol. The Morgan fingerprint density at radius 3 is 2.53 bits per heavy atom. The highest BCUT2D eigenvalue weighted by Crippen LogP contribution is 2.12. The van der Waals surface area contributed by atoms with Crippen molar-refractivity contribution in [1.29, 1.82) is 0 Å². The van der Waals surface area contributed by atoms with Gasteiger partial charge >= 0.3 is 0 Å². The first kappa shape index (κ1) is 14.2. The lowest BCUT2D eigenvalue weighted by Gasteiger charge is -2.09. The summed E-state index contributed by atoms with van der Waals surface area (Å²) in [6, 6.07) is 0. The Morgan fingerprint density at radius 1 is 1.20 bits per heavy atom. The van der Waals surface area contributed by atoms with Crippen LogP contribution in [-0.2, 0) is 9.53 Å². The molecule has 0 aliphatic heterocycles. The second kappa shape index (κ2) is 11.3.